The van der Waals surface area contributed by atoms with Gasteiger partial charge in [0.15, 0.2) is 0 Å². The van der Waals surface area contributed by atoms with Gasteiger partial charge in [-0.1, -0.05) is 0 Å². The van der Waals surface area contributed by atoms with E-state index in [9.17, 15) is 18.0 Å². The van der Waals surface area contributed by atoms with Crippen LogP contribution in [-0.4, -0.2) is 38.6 Å². The molecule has 1 atom stereocenters. The maximum Gasteiger partial charge on any atom is 0.337 e. The van der Waals surface area contributed by atoms with Crippen molar-refractivity contribution in [3.05, 3.63) is 23.8 Å². The van der Waals surface area contributed by atoms with Crippen molar-refractivity contribution in [3.63, 3.8) is 0 Å². The number of nitrogen functional groups attached to an aromatic ring is 1. The minimum absolute atomic E-state index is 0.113. The fourth-order valence-electron chi connectivity index (χ4n) is 1.47. The van der Waals surface area contributed by atoms with Crippen LogP contribution in [0.5, 0.6) is 0 Å². The number of aromatic carboxylic acids is 1. The molecule has 20 heavy (non-hydrogen) atoms. The van der Waals surface area contributed by atoms with Crippen molar-refractivity contribution < 1.29 is 27.9 Å². The van der Waals surface area contributed by atoms with Gasteiger partial charge in [0.25, 0.3) is 0 Å². The molecule has 0 saturated heterocycles. The minimum Gasteiger partial charge on any atom is -0.478 e. The summed E-state index contributed by atoms with van der Waals surface area (Å²) in [6.45, 7) is 1.28. The van der Waals surface area contributed by atoms with E-state index >= 15 is 0 Å². The van der Waals surface area contributed by atoms with Crippen LogP contribution in [0.25, 0.3) is 0 Å². The molecule has 9 heteroatoms. The molecule has 0 bridgehead atoms. The van der Waals surface area contributed by atoms with Crippen molar-refractivity contribution >= 4 is 27.6 Å². The van der Waals surface area contributed by atoms with E-state index < -0.39 is 38.5 Å². The van der Waals surface area contributed by atoms with Gasteiger partial charge in [0, 0.05) is 5.69 Å². The summed E-state index contributed by atoms with van der Waals surface area (Å²) in [6, 6.07) is 2.19. The van der Waals surface area contributed by atoms with E-state index in [1.54, 1.807) is 0 Å². The molecule has 0 aromatic heterocycles. The summed E-state index contributed by atoms with van der Waals surface area (Å²) in [6.07, 6.45) is 0. The SMILES string of the molecule is COC(=O)C(C)NS(=O)(=O)c1ccc(N)cc1C(=O)O. The summed E-state index contributed by atoms with van der Waals surface area (Å²) in [4.78, 5) is 21.8. The lowest BCUT2D eigenvalue weighted by Gasteiger charge is -2.13. The number of nitrogens with one attached hydrogen (secondary N) is 1. The molecule has 0 amide bonds. The zero-order chi connectivity index (χ0) is 15.5. The van der Waals surface area contributed by atoms with Gasteiger partial charge < -0.3 is 15.6 Å². The fraction of sp³-hybridized carbons (Fsp3) is 0.273. The van der Waals surface area contributed by atoms with E-state index in [0.717, 1.165) is 19.2 Å². The predicted octanol–water partition coefficient (Wildman–Crippen LogP) is -0.193. The zero-order valence-corrected chi connectivity index (χ0v) is 11.6. The quantitative estimate of drug-likeness (QED) is 0.506. The molecule has 0 radical (unpaired) electrons. The smallest absolute Gasteiger partial charge is 0.337 e. The van der Waals surface area contributed by atoms with Crippen molar-refractivity contribution in [2.75, 3.05) is 12.8 Å². The molecular weight excluding hydrogens is 288 g/mol. The number of ether oxygens (including phenoxy) is 1. The number of hydrogen-bond acceptors (Lipinski definition) is 6. The topological polar surface area (TPSA) is 136 Å². The number of carbonyl (C=O) groups excluding carboxylic acids is 1. The van der Waals surface area contributed by atoms with E-state index in [1.807, 2.05) is 4.72 Å². The maximum atomic E-state index is 12.1. The fourth-order valence-corrected chi connectivity index (χ4v) is 2.84. The Morgan fingerprint density at radius 3 is 2.50 bits per heavy atom. The lowest BCUT2D eigenvalue weighted by molar-refractivity contribution is -0.142. The second-order valence-electron chi connectivity index (χ2n) is 3.93. The van der Waals surface area contributed by atoms with Gasteiger partial charge in [-0.05, 0) is 25.1 Å². The highest BCUT2D eigenvalue weighted by Gasteiger charge is 2.26. The van der Waals surface area contributed by atoms with Gasteiger partial charge in [0.05, 0.1) is 17.6 Å². The average molecular weight is 302 g/mol. The van der Waals surface area contributed by atoms with Crippen molar-refractivity contribution in [2.45, 2.75) is 17.9 Å². The van der Waals surface area contributed by atoms with Gasteiger partial charge in [0.1, 0.15) is 6.04 Å². The zero-order valence-electron chi connectivity index (χ0n) is 10.8. The van der Waals surface area contributed by atoms with Crippen LogP contribution in [-0.2, 0) is 19.6 Å². The van der Waals surface area contributed by atoms with E-state index in [4.69, 9.17) is 10.8 Å². The third-order valence-corrected chi connectivity index (χ3v) is 4.01. The summed E-state index contributed by atoms with van der Waals surface area (Å²) in [5.41, 5.74) is 5.06. The van der Waals surface area contributed by atoms with Gasteiger partial charge in [0.2, 0.25) is 10.0 Å². The summed E-state index contributed by atoms with van der Waals surface area (Å²) in [5, 5.41) is 9.00. The monoisotopic (exact) mass is 302 g/mol. The lowest BCUT2D eigenvalue weighted by atomic mass is 10.2. The Morgan fingerprint density at radius 2 is 2.00 bits per heavy atom. The van der Waals surface area contributed by atoms with Crippen LogP contribution in [0.3, 0.4) is 0 Å². The van der Waals surface area contributed by atoms with Gasteiger partial charge in [-0.2, -0.15) is 4.72 Å². The maximum absolute atomic E-state index is 12.1. The van der Waals surface area contributed by atoms with Crippen LogP contribution in [0.1, 0.15) is 17.3 Å². The van der Waals surface area contributed by atoms with E-state index in [1.165, 1.54) is 13.0 Å². The first-order valence-electron chi connectivity index (χ1n) is 5.42. The number of esters is 1. The molecule has 0 fully saturated rings. The molecular formula is C11H14N2O6S. The second-order valence-corrected chi connectivity index (χ2v) is 5.61. The molecule has 4 N–H and O–H groups in total. The van der Waals surface area contributed by atoms with Crippen molar-refractivity contribution in [1.29, 1.82) is 0 Å². The Morgan fingerprint density at radius 1 is 1.40 bits per heavy atom. The van der Waals surface area contributed by atoms with Crippen LogP contribution >= 0.6 is 0 Å². The standard InChI is InChI=1S/C11H14N2O6S/c1-6(11(16)19-2)13-20(17,18)9-4-3-7(12)5-8(9)10(14)15/h3-6,13H,12H2,1-2H3,(H,14,15). The number of carboxylic acid groups (broad SMARTS) is 1. The number of rotatable bonds is 5. The van der Waals surface area contributed by atoms with Gasteiger partial charge >= 0.3 is 11.9 Å². The Labute approximate surface area is 115 Å². The number of carboxylic acids is 1. The Kier molecular flexibility index (Phi) is 4.69. The van der Waals surface area contributed by atoms with Gasteiger partial charge in [-0.3, -0.25) is 4.79 Å². The van der Waals surface area contributed by atoms with E-state index in [2.05, 4.69) is 4.74 Å². The molecule has 0 aliphatic rings. The summed E-state index contributed by atoms with van der Waals surface area (Å²) < 4.78 is 30.6. The highest BCUT2D eigenvalue weighted by atomic mass is 32.2. The number of carbonyl (C=O) groups is 2. The molecule has 0 heterocycles. The molecule has 1 unspecified atom stereocenters. The molecule has 0 saturated carbocycles. The largest absolute Gasteiger partial charge is 0.478 e. The van der Waals surface area contributed by atoms with Crippen molar-refractivity contribution in [2.24, 2.45) is 0 Å². The van der Waals surface area contributed by atoms with Crippen LogP contribution in [0.4, 0.5) is 5.69 Å². The summed E-state index contributed by atoms with van der Waals surface area (Å²) >= 11 is 0. The first-order chi connectivity index (χ1) is 9.19. The van der Waals surface area contributed by atoms with Gasteiger partial charge in [-0.25, -0.2) is 13.2 Å². The number of sulfonamides is 1. The highest BCUT2D eigenvalue weighted by Crippen LogP contribution is 2.19. The third kappa shape index (κ3) is 3.45. The molecule has 8 nitrogen and oxygen atoms in total. The van der Waals surface area contributed by atoms with Crippen LogP contribution < -0.4 is 10.5 Å². The Balaban J connectivity index is 3.23. The van der Waals surface area contributed by atoms with Crippen LogP contribution in [0.15, 0.2) is 23.1 Å². The van der Waals surface area contributed by atoms with Gasteiger partial charge in [-0.15, -0.1) is 0 Å². The molecule has 1 rings (SSSR count). The molecule has 0 aliphatic heterocycles. The molecule has 110 valence electrons. The van der Waals surface area contributed by atoms with Crippen molar-refractivity contribution in [3.8, 4) is 0 Å². The molecule has 0 aliphatic carbocycles. The Hall–Kier alpha value is -2.13. The van der Waals surface area contributed by atoms with Crippen LogP contribution in [0, 0.1) is 0 Å². The normalized spacial score (nSPS) is 12.7. The summed E-state index contributed by atoms with van der Waals surface area (Å²) in [7, 11) is -3.08. The Bertz CT molecular complexity index is 640. The number of nitrogens with two attached hydrogens (primary N) is 1. The lowest BCUT2D eigenvalue weighted by Crippen LogP contribution is -2.39. The summed E-state index contributed by atoms with van der Waals surface area (Å²) in [5.74, 6) is -2.23. The predicted molar refractivity (Wildman–Crippen MR) is 69.6 cm³/mol. The number of anilines is 1. The highest BCUT2D eigenvalue weighted by molar-refractivity contribution is 7.89. The number of benzene rings is 1. The molecule has 1 aromatic rings. The third-order valence-electron chi connectivity index (χ3n) is 2.41. The molecule has 0 spiro atoms. The second kappa shape index (κ2) is 5.88. The molecule has 1 aromatic carbocycles. The first kappa shape index (κ1) is 15.9. The van der Waals surface area contributed by atoms with Crippen LogP contribution in [0.2, 0.25) is 0 Å². The first-order valence-corrected chi connectivity index (χ1v) is 6.90. The van der Waals surface area contributed by atoms with E-state index in [0.29, 0.717) is 0 Å². The minimum atomic E-state index is -4.19. The number of hydrogen-bond donors (Lipinski definition) is 3. The average Bonchev–Trinajstić information content (AvgIpc) is 2.36. The number of methoxy groups -OCH3 is 1. The van der Waals surface area contributed by atoms with Crippen molar-refractivity contribution in [1.82, 2.24) is 4.72 Å². The van der Waals surface area contributed by atoms with E-state index in [-0.39, 0.29) is 5.69 Å².